The summed E-state index contributed by atoms with van der Waals surface area (Å²) < 4.78 is 0. The van der Waals surface area contributed by atoms with Crippen molar-refractivity contribution in [3.05, 3.63) is 12.3 Å². The van der Waals surface area contributed by atoms with E-state index < -0.39 is 0 Å². The van der Waals surface area contributed by atoms with Crippen LogP contribution in [-0.4, -0.2) is 18.3 Å². The van der Waals surface area contributed by atoms with E-state index in [9.17, 15) is 0 Å². The fraction of sp³-hybridized carbons (Fsp3) is 0.500. The van der Waals surface area contributed by atoms with Gasteiger partial charge < -0.3 is 0 Å². The number of hydrazone groups is 1. The normalized spacial score (nSPS) is 9.75. The van der Waals surface area contributed by atoms with Gasteiger partial charge in [0.1, 0.15) is 0 Å². The van der Waals surface area contributed by atoms with Gasteiger partial charge in [-0.2, -0.15) is 5.10 Å². The second-order valence-electron chi connectivity index (χ2n) is 1.38. The molecule has 0 spiro atoms. The number of hydrogen-bond donors (Lipinski definition) is 0. The van der Waals surface area contributed by atoms with Gasteiger partial charge in [0.25, 0.3) is 0 Å². The van der Waals surface area contributed by atoms with Crippen LogP contribution < -0.4 is 0 Å². The first-order valence-electron chi connectivity index (χ1n) is 2.71. The molecule has 0 heterocycles. The Morgan fingerprint density at radius 1 is 1.75 bits per heavy atom. The zero-order valence-electron chi connectivity index (χ0n) is 5.46. The Labute approximate surface area is 50.5 Å². The van der Waals surface area contributed by atoms with Crippen molar-refractivity contribution in [1.29, 1.82) is 0 Å². The van der Waals surface area contributed by atoms with Crippen molar-refractivity contribution in [2.24, 2.45) is 5.10 Å². The lowest BCUT2D eigenvalue weighted by molar-refractivity contribution is 0.425. The second kappa shape index (κ2) is 4.37. The molecule has 0 fully saturated rings. The van der Waals surface area contributed by atoms with Gasteiger partial charge in [-0.3, -0.25) is 5.01 Å². The van der Waals surface area contributed by atoms with Gasteiger partial charge in [0.15, 0.2) is 0 Å². The maximum absolute atomic E-state index is 3.69. The molecule has 0 radical (unpaired) electrons. The van der Waals surface area contributed by atoms with E-state index in [4.69, 9.17) is 0 Å². The summed E-state index contributed by atoms with van der Waals surface area (Å²) in [5, 5.41) is 5.46. The first-order valence-corrected chi connectivity index (χ1v) is 2.71. The molecule has 0 aliphatic carbocycles. The van der Waals surface area contributed by atoms with E-state index in [1.54, 1.807) is 5.01 Å². The Balaban J connectivity index is 3.52. The molecule has 0 aromatic heterocycles. The van der Waals surface area contributed by atoms with Crippen molar-refractivity contribution in [1.82, 2.24) is 5.01 Å². The smallest absolute Gasteiger partial charge is 0.0380 e. The van der Waals surface area contributed by atoms with Crippen molar-refractivity contribution in [3.63, 3.8) is 0 Å². The predicted molar refractivity (Wildman–Crippen MR) is 36.7 cm³/mol. The van der Waals surface area contributed by atoms with Crippen LogP contribution in [-0.2, 0) is 0 Å². The summed E-state index contributed by atoms with van der Waals surface area (Å²) in [5.41, 5.74) is 0. The molecule has 0 aromatic rings. The maximum atomic E-state index is 3.69. The van der Waals surface area contributed by atoms with E-state index in [2.05, 4.69) is 11.8 Å². The molecule has 0 unspecified atom stereocenters. The lowest BCUT2D eigenvalue weighted by Crippen LogP contribution is -2.06. The molecule has 46 valence electrons. The van der Waals surface area contributed by atoms with Crippen molar-refractivity contribution in [2.45, 2.75) is 13.8 Å². The number of allylic oxidation sites excluding steroid dienone is 1. The summed E-state index contributed by atoms with van der Waals surface area (Å²) in [6.45, 7) is 8.23. The third-order valence-corrected chi connectivity index (χ3v) is 0.827. The molecule has 0 rings (SSSR count). The molecular weight excluding hydrogens is 100 g/mol. The Kier molecular flexibility index (Phi) is 3.94. The molecule has 8 heavy (non-hydrogen) atoms. The minimum atomic E-state index is 0.883. The summed E-state index contributed by atoms with van der Waals surface area (Å²) in [4.78, 5) is 0. The molecule has 0 saturated heterocycles. The van der Waals surface area contributed by atoms with E-state index >= 15 is 0 Å². The van der Waals surface area contributed by atoms with Crippen LogP contribution >= 0.6 is 0 Å². The molecular formula is C6H12N2. The van der Waals surface area contributed by atoms with Crippen LogP contribution in [0.1, 0.15) is 13.8 Å². The summed E-state index contributed by atoms with van der Waals surface area (Å²) >= 11 is 0. The molecule has 0 aliphatic rings. The molecule has 2 heteroatoms. The molecule has 0 bridgehead atoms. The van der Waals surface area contributed by atoms with Gasteiger partial charge in [0, 0.05) is 19.5 Å². The molecule has 0 amide bonds. The first-order chi connectivity index (χ1) is 3.85. The van der Waals surface area contributed by atoms with E-state index in [1.165, 1.54) is 0 Å². The molecule has 0 aromatic carbocycles. The fourth-order valence-corrected chi connectivity index (χ4v) is 0.425. The lowest BCUT2D eigenvalue weighted by atomic mass is 10.6. The van der Waals surface area contributed by atoms with Gasteiger partial charge >= 0.3 is 0 Å². The number of nitrogens with zero attached hydrogens (tertiary/aromatic N) is 2. The van der Waals surface area contributed by atoms with Gasteiger partial charge in [-0.25, -0.2) is 0 Å². The quantitative estimate of drug-likeness (QED) is 0.398. The minimum Gasteiger partial charge on any atom is -0.274 e. The highest BCUT2D eigenvalue weighted by Gasteiger charge is 1.82. The van der Waals surface area contributed by atoms with Crippen molar-refractivity contribution < 1.29 is 0 Å². The highest BCUT2D eigenvalue weighted by Crippen LogP contribution is 1.86. The maximum Gasteiger partial charge on any atom is 0.0380 e. The molecule has 2 nitrogen and oxygen atoms in total. The van der Waals surface area contributed by atoms with Crippen molar-refractivity contribution >= 4 is 6.72 Å². The van der Waals surface area contributed by atoms with Crippen LogP contribution in [0.5, 0.6) is 0 Å². The topological polar surface area (TPSA) is 15.6 Å². The van der Waals surface area contributed by atoms with Crippen molar-refractivity contribution in [2.75, 3.05) is 6.54 Å². The monoisotopic (exact) mass is 112 g/mol. The highest BCUT2D eigenvalue weighted by molar-refractivity contribution is 5.22. The van der Waals surface area contributed by atoms with E-state index in [-0.39, 0.29) is 0 Å². The van der Waals surface area contributed by atoms with Crippen LogP contribution in [0.4, 0.5) is 0 Å². The van der Waals surface area contributed by atoms with Gasteiger partial charge in [-0.05, 0) is 13.8 Å². The van der Waals surface area contributed by atoms with Gasteiger partial charge in [-0.15, -0.1) is 0 Å². The zero-order chi connectivity index (χ0) is 6.41. The predicted octanol–water partition coefficient (Wildman–Crippen LogP) is 1.46. The summed E-state index contributed by atoms with van der Waals surface area (Å²) in [6, 6.07) is 0. The SMILES string of the molecule is C=NN(/C=C\C)CC. The third kappa shape index (κ3) is 2.39. The number of rotatable bonds is 3. The molecule has 0 N–H and O–H groups in total. The summed E-state index contributed by atoms with van der Waals surface area (Å²) in [6.07, 6.45) is 3.81. The molecule has 0 atom stereocenters. The average Bonchev–Trinajstić information content (AvgIpc) is 1.83. The van der Waals surface area contributed by atoms with Crippen LogP contribution in [0.15, 0.2) is 17.4 Å². The Morgan fingerprint density at radius 3 is 2.50 bits per heavy atom. The Morgan fingerprint density at radius 2 is 2.38 bits per heavy atom. The van der Waals surface area contributed by atoms with E-state index in [0.29, 0.717) is 0 Å². The van der Waals surface area contributed by atoms with Crippen molar-refractivity contribution in [3.8, 4) is 0 Å². The van der Waals surface area contributed by atoms with Crippen LogP contribution in [0.3, 0.4) is 0 Å². The lowest BCUT2D eigenvalue weighted by Gasteiger charge is -2.07. The third-order valence-electron chi connectivity index (χ3n) is 0.827. The largest absolute Gasteiger partial charge is 0.274 e. The summed E-state index contributed by atoms with van der Waals surface area (Å²) in [7, 11) is 0. The fourth-order valence-electron chi connectivity index (χ4n) is 0.425. The van der Waals surface area contributed by atoms with Crippen LogP contribution in [0.2, 0.25) is 0 Å². The van der Waals surface area contributed by atoms with Gasteiger partial charge in [-0.1, -0.05) is 6.08 Å². The van der Waals surface area contributed by atoms with Crippen LogP contribution in [0, 0.1) is 0 Å². The first kappa shape index (κ1) is 7.21. The molecule has 0 aliphatic heterocycles. The number of hydrogen-bond acceptors (Lipinski definition) is 2. The Hall–Kier alpha value is -0.790. The Bertz CT molecular complexity index is 86.5. The average molecular weight is 112 g/mol. The minimum absolute atomic E-state index is 0.883. The second-order valence-corrected chi connectivity index (χ2v) is 1.38. The van der Waals surface area contributed by atoms with E-state index in [1.807, 2.05) is 26.1 Å². The van der Waals surface area contributed by atoms with Crippen LogP contribution in [0.25, 0.3) is 0 Å². The summed E-state index contributed by atoms with van der Waals surface area (Å²) in [5.74, 6) is 0. The zero-order valence-corrected chi connectivity index (χ0v) is 5.46. The standard InChI is InChI=1S/C6H12N2/c1-4-6-8(5-2)7-3/h4,6H,3,5H2,1-2H3/b6-4-. The van der Waals surface area contributed by atoms with Gasteiger partial charge in [0.2, 0.25) is 0 Å². The van der Waals surface area contributed by atoms with E-state index in [0.717, 1.165) is 6.54 Å². The molecule has 0 saturated carbocycles. The van der Waals surface area contributed by atoms with Gasteiger partial charge in [0.05, 0.1) is 0 Å². The highest BCUT2D eigenvalue weighted by atomic mass is 15.4.